The van der Waals surface area contributed by atoms with Gasteiger partial charge in [-0.1, -0.05) is 26.3 Å². The van der Waals surface area contributed by atoms with Crippen LogP contribution < -0.4 is 0 Å². The van der Waals surface area contributed by atoms with Crippen LogP contribution in [0.25, 0.3) is 0 Å². The number of rotatable bonds is 12. The maximum atomic E-state index is 9.60. The molecule has 0 aromatic carbocycles. The van der Waals surface area contributed by atoms with Crippen LogP contribution in [-0.2, 0) is 19.2 Å². The Hall–Kier alpha value is -2.36. The molecule has 0 aliphatic heterocycles. The van der Waals surface area contributed by atoms with Crippen LogP contribution in [0.4, 0.5) is 0 Å². The summed E-state index contributed by atoms with van der Waals surface area (Å²) in [5, 5.41) is 31.6. The van der Waals surface area contributed by atoms with Gasteiger partial charge in [-0.25, -0.2) is 19.2 Å². The number of carbonyl (C=O) groups is 4. The summed E-state index contributed by atoms with van der Waals surface area (Å²) in [4.78, 5) is 38.4. The predicted octanol–water partition coefficient (Wildman–Crippen LogP) is 6.81. The van der Waals surface area contributed by atoms with E-state index >= 15 is 0 Å². The minimum absolute atomic E-state index is 0.176. The van der Waals surface area contributed by atoms with Crippen molar-refractivity contribution in [3.8, 4) is 0 Å². The Labute approximate surface area is 237 Å². The fourth-order valence-corrected chi connectivity index (χ4v) is 3.92. The molecule has 214 valence electrons. The third-order valence-corrected chi connectivity index (χ3v) is 6.74. The molecule has 4 N–H and O–H groups in total. The summed E-state index contributed by atoms with van der Waals surface area (Å²) in [5.41, 5.74) is 0.704. The van der Waals surface area contributed by atoms with Gasteiger partial charge in [-0.05, 0) is 27.7 Å². The Morgan fingerprint density at radius 2 is 0.730 bits per heavy atom. The number of aliphatic carboxylic acids is 4. The van der Waals surface area contributed by atoms with Crippen LogP contribution in [0, 0.1) is 0 Å². The molecule has 0 unspecified atom stereocenters. The zero-order chi connectivity index (χ0) is 30.8. The maximum absolute atomic E-state index is 9.60. The van der Waals surface area contributed by atoms with Gasteiger partial charge in [0.15, 0.2) is 0 Å². The second kappa shape index (κ2) is 28.2. The summed E-state index contributed by atoms with van der Waals surface area (Å²) < 4.78 is 0.784. The van der Waals surface area contributed by atoms with Crippen LogP contribution in [0.15, 0.2) is 48.6 Å². The molecule has 2 radical (unpaired) electrons. The van der Waals surface area contributed by atoms with E-state index in [-0.39, 0.29) is 22.3 Å². The number of carboxylic acids is 4. The van der Waals surface area contributed by atoms with Gasteiger partial charge >= 0.3 is 122 Å². The first-order chi connectivity index (χ1) is 16.8. The molecular formula is C28H50O8Sn. The second-order valence-electron chi connectivity index (χ2n) is 8.66. The molecule has 0 rings (SSSR count). The van der Waals surface area contributed by atoms with E-state index in [1.54, 1.807) is 0 Å². The molecule has 0 spiro atoms. The summed E-state index contributed by atoms with van der Waals surface area (Å²) in [6.07, 6.45) is 11.5. The van der Waals surface area contributed by atoms with Gasteiger partial charge in [0.05, 0.1) is 0 Å². The fraction of sp³-hybridized carbons (Fsp3) is 0.571. The Morgan fingerprint density at radius 1 is 0.541 bits per heavy atom. The third-order valence-electron chi connectivity index (χ3n) is 4.26. The van der Waals surface area contributed by atoms with Gasteiger partial charge in [-0.15, -0.1) is 0 Å². The summed E-state index contributed by atoms with van der Waals surface area (Å²) >= 11 is 1.48. The zero-order valence-electron chi connectivity index (χ0n) is 24.0. The molecule has 0 aromatic heterocycles. The van der Waals surface area contributed by atoms with Crippen molar-refractivity contribution < 1.29 is 39.6 Å². The zero-order valence-corrected chi connectivity index (χ0v) is 27.3. The van der Waals surface area contributed by atoms with Crippen molar-refractivity contribution in [2.75, 3.05) is 0 Å². The molecular weight excluding hydrogens is 583 g/mol. The van der Waals surface area contributed by atoms with Gasteiger partial charge in [0.1, 0.15) is 0 Å². The van der Waals surface area contributed by atoms with Crippen molar-refractivity contribution in [3.05, 3.63) is 48.6 Å². The van der Waals surface area contributed by atoms with E-state index in [2.05, 4.69) is 47.1 Å². The van der Waals surface area contributed by atoms with Crippen molar-refractivity contribution in [2.45, 2.75) is 103 Å². The Bertz CT molecular complexity index is 586. The van der Waals surface area contributed by atoms with Crippen LogP contribution >= 0.6 is 0 Å². The molecule has 0 aromatic rings. The molecule has 37 heavy (non-hydrogen) atoms. The molecule has 9 heteroatoms. The van der Waals surface area contributed by atoms with Crippen molar-refractivity contribution in [1.29, 1.82) is 0 Å². The van der Waals surface area contributed by atoms with Gasteiger partial charge in [-0.3, -0.25) is 0 Å². The normalized spacial score (nSPS) is 9.08. The Balaban J connectivity index is -0.000000122. The quantitative estimate of drug-likeness (QED) is 0.135. The Kier molecular flexibility index (Phi) is 34.0. The van der Waals surface area contributed by atoms with Gasteiger partial charge < -0.3 is 20.4 Å². The van der Waals surface area contributed by atoms with Crippen LogP contribution in [-0.4, -0.2) is 66.8 Å². The van der Waals surface area contributed by atoms with E-state index in [4.69, 9.17) is 20.4 Å². The van der Waals surface area contributed by atoms with Gasteiger partial charge in [-0.2, -0.15) is 0 Å². The molecule has 0 atom stereocenters. The summed E-state index contributed by atoms with van der Waals surface area (Å²) in [6.45, 7) is 25.4. The fourth-order valence-electron chi connectivity index (χ4n) is 1.93. The van der Waals surface area contributed by atoms with E-state index in [1.165, 1.54) is 102 Å². The first-order valence-electron chi connectivity index (χ1n) is 12.1. The van der Waals surface area contributed by atoms with Crippen LogP contribution in [0.3, 0.4) is 0 Å². The minimum atomic E-state index is -0.935. The molecule has 0 fully saturated rings. The van der Waals surface area contributed by atoms with E-state index in [0.717, 1.165) is 3.43 Å². The molecule has 0 bridgehead atoms. The monoisotopic (exact) mass is 634 g/mol. The molecule has 0 aliphatic rings. The predicted molar refractivity (Wildman–Crippen MR) is 154 cm³/mol. The van der Waals surface area contributed by atoms with Crippen molar-refractivity contribution >= 4 is 46.4 Å². The number of hydrogen-bond donors (Lipinski definition) is 4. The summed E-state index contributed by atoms with van der Waals surface area (Å²) in [7, 11) is 0. The second-order valence-corrected chi connectivity index (χ2v) is 12.2. The third kappa shape index (κ3) is 44.1. The SMILES string of the molecule is C=C(C)C(=O)O.C=C(C)C(=O)O.C=C(C)C(=O)O.C=C(C)C(=O)O.CCCC[C]([SnH])(CCC)CCCC. The van der Waals surface area contributed by atoms with Crippen molar-refractivity contribution in [3.63, 3.8) is 0 Å². The molecule has 0 amide bonds. The van der Waals surface area contributed by atoms with Gasteiger partial charge in [0.25, 0.3) is 0 Å². The van der Waals surface area contributed by atoms with Crippen molar-refractivity contribution in [1.82, 2.24) is 0 Å². The summed E-state index contributed by atoms with van der Waals surface area (Å²) in [5.74, 6) is -3.74. The van der Waals surface area contributed by atoms with E-state index in [9.17, 15) is 19.2 Å². The standard InChI is InChI=1S/C12H25.4C4H6O2.Sn.H/c1-4-7-10-12(9-6-3)11-8-5-2;4*1-3(2)4(5)6;;/h4-11H2,1-3H3;4*1H2,2H3,(H,5,6);;. The molecule has 0 heterocycles. The topological polar surface area (TPSA) is 149 Å². The first-order valence-corrected chi connectivity index (χ1v) is 13.7. The van der Waals surface area contributed by atoms with E-state index in [0.29, 0.717) is 0 Å². The molecule has 8 nitrogen and oxygen atoms in total. The first kappa shape index (κ1) is 44.6. The number of hydrogen-bond acceptors (Lipinski definition) is 4. The van der Waals surface area contributed by atoms with Gasteiger partial charge in [0, 0.05) is 22.3 Å². The van der Waals surface area contributed by atoms with Crippen LogP contribution in [0.5, 0.6) is 0 Å². The number of carboxylic acid groups (broad SMARTS) is 4. The molecule has 0 aliphatic carbocycles. The molecule has 0 saturated heterocycles. The average molecular weight is 633 g/mol. The van der Waals surface area contributed by atoms with Crippen LogP contribution in [0.2, 0.25) is 3.43 Å². The van der Waals surface area contributed by atoms with Gasteiger partial charge in [0.2, 0.25) is 0 Å². The summed E-state index contributed by atoms with van der Waals surface area (Å²) in [6, 6.07) is 0. The van der Waals surface area contributed by atoms with E-state index in [1.807, 2.05) is 0 Å². The number of unbranched alkanes of at least 4 members (excludes halogenated alkanes) is 2. The van der Waals surface area contributed by atoms with Crippen LogP contribution in [0.1, 0.15) is 99.8 Å². The average Bonchev–Trinajstić information content (AvgIpc) is 2.78. The molecule has 0 saturated carbocycles. The Morgan fingerprint density at radius 3 is 0.838 bits per heavy atom. The van der Waals surface area contributed by atoms with Crippen molar-refractivity contribution in [2.24, 2.45) is 0 Å². The van der Waals surface area contributed by atoms with E-state index < -0.39 is 23.9 Å².